The Morgan fingerprint density at radius 1 is 0.685 bits per heavy atom. The van der Waals surface area contributed by atoms with E-state index in [1.165, 1.54) is 19.1 Å². The number of phenolic OH excluding ortho intramolecular Hbond substituents is 1. The molecule has 15 atom stereocenters. The first-order chi connectivity index (χ1) is 42.1. The lowest BCUT2D eigenvalue weighted by molar-refractivity contribution is -0.870. The predicted molar refractivity (Wildman–Crippen MR) is 324 cm³/mol. The lowest BCUT2D eigenvalue weighted by Gasteiger charge is -2.34. The number of hydrogen-bond acceptors (Lipinski definition) is 18. The Bertz CT molecular complexity index is 3110. The zero-order valence-electron chi connectivity index (χ0n) is 51.1. The Morgan fingerprint density at radius 3 is 1.80 bits per heavy atom. The van der Waals surface area contributed by atoms with Crippen LogP contribution in [0, 0.1) is 5.92 Å². The van der Waals surface area contributed by atoms with E-state index < -0.39 is 158 Å². The summed E-state index contributed by atoms with van der Waals surface area (Å²) in [6.07, 6.45) is -12.9. The Kier molecular flexibility index (Phi) is 23.3. The molecule has 26 heteroatoms. The van der Waals surface area contributed by atoms with Crippen molar-refractivity contribution in [1.82, 2.24) is 36.4 Å². The Labute approximate surface area is 516 Å². The van der Waals surface area contributed by atoms with Crippen LogP contribution in [0.3, 0.4) is 0 Å². The van der Waals surface area contributed by atoms with E-state index in [1.807, 2.05) is 69.7 Å². The van der Waals surface area contributed by atoms with Crippen LogP contribution in [-0.4, -0.2) is 230 Å². The van der Waals surface area contributed by atoms with Crippen molar-refractivity contribution in [3.05, 3.63) is 102 Å². The van der Waals surface area contributed by atoms with E-state index in [1.54, 1.807) is 12.1 Å². The summed E-state index contributed by atoms with van der Waals surface area (Å²) < 4.78 is 12.3. The molecule has 7 rings (SSSR count). The number of fused-ring (bicyclic) bond motifs is 2. The van der Waals surface area contributed by atoms with Gasteiger partial charge in [-0.15, -0.1) is 0 Å². The molecule has 15 unspecified atom stereocenters. The van der Waals surface area contributed by atoms with Gasteiger partial charge in [-0.05, 0) is 84.5 Å². The van der Waals surface area contributed by atoms with Crippen molar-refractivity contribution in [3.8, 4) is 33.8 Å². The highest BCUT2D eigenvalue weighted by atomic mass is 16.5. The number of nitrogens with one attached hydrogen (secondary N) is 5. The third-order valence-electron chi connectivity index (χ3n) is 16.2. The van der Waals surface area contributed by atoms with Crippen molar-refractivity contribution < 1.29 is 88.4 Å². The summed E-state index contributed by atoms with van der Waals surface area (Å²) in [6.45, 7) is 5.73. The van der Waals surface area contributed by atoms with Gasteiger partial charge < -0.3 is 96.9 Å². The Morgan fingerprint density at radius 2 is 1.24 bits per heavy atom. The normalized spacial score (nSPS) is 26.5. The van der Waals surface area contributed by atoms with Gasteiger partial charge in [0.15, 0.2) is 6.23 Å². The van der Waals surface area contributed by atoms with Gasteiger partial charge in [0.05, 0.1) is 64.5 Å². The quantitative estimate of drug-likeness (QED) is 0.0256. The summed E-state index contributed by atoms with van der Waals surface area (Å²) in [5.74, 6) is -8.54. The Balaban J connectivity index is 1.24. The fourth-order valence-corrected chi connectivity index (χ4v) is 10.9. The molecule has 3 saturated heterocycles. The standard InChI is InChI=1S/C63H85N9O17/c1-8-9-10-26-88-43-22-19-39(20-23-43)37-13-11-36(12-14-37)38-15-17-40(18-16-38)56(81)65-45-30-48(77)61(89-27-25-72(5,6)7)69-60(85)52-53(78)33(2)31-71(52)63(87)50(35(4)74)67-59(84)51(55(80)54(79)41-21-24-47(76)44(64)28-41)68-58(83)46-29-42(75)32-70(46)62(86)49(34(3)73)66-57(45)82/h11-24,28,33-35,42,45-46,48-55,61,73-75,77-80H,8-10,25-27,29-32,64H2,1-7H3,(H5-,65,66,67,68,69,76,81,82,83,84,85)/p+1. The number of aliphatic hydroxyl groups is 7. The second-order valence-electron chi connectivity index (χ2n) is 24.4. The highest BCUT2D eigenvalue weighted by Gasteiger charge is 2.50. The van der Waals surface area contributed by atoms with Gasteiger partial charge in [0, 0.05) is 37.4 Å². The molecule has 89 heavy (non-hydrogen) atoms. The number of benzene rings is 4. The number of hydrogen-bond donors (Lipinski definition) is 14. The number of nitrogen functional groups attached to an aromatic ring is 1. The molecule has 3 heterocycles. The summed E-state index contributed by atoms with van der Waals surface area (Å²) in [4.78, 5) is 104. The molecule has 26 nitrogen and oxygen atoms in total. The highest BCUT2D eigenvalue weighted by Crippen LogP contribution is 2.31. The number of ether oxygens (including phenoxy) is 2. The molecule has 3 aliphatic heterocycles. The molecular formula is C63H86N9O17+. The van der Waals surface area contributed by atoms with Gasteiger partial charge in [-0.2, -0.15) is 0 Å². The summed E-state index contributed by atoms with van der Waals surface area (Å²) in [5.41, 5.74) is 8.96. The number of likely N-dealkylation sites (N-methyl/N-ethyl adjacent to an activating group) is 1. The average Bonchev–Trinajstić information content (AvgIpc) is 3.88. The number of anilines is 1. The van der Waals surface area contributed by atoms with Gasteiger partial charge in [0.1, 0.15) is 72.6 Å². The van der Waals surface area contributed by atoms with Crippen LogP contribution in [0.15, 0.2) is 91.0 Å². The van der Waals surface area contributed by atoms with E-state index in [9.17, 15) is 74.4 Å². The number of phenols is 1. The topological polar surface area (TPSA) is 392 Å². The first kappa shape index (κ1) is 68.7. The second-order valence-corrected chi connectivity index (χ2v) is 24.4. The molecule has 0 bridgehead atoms. The molecule has 0 radical (unpaired) electrons. The van der Waals surface area contributed by atoms with Crippen LogP contribution in [0.1, 0.15) is 81.8 Å². The van der Waals surface area contributed by atoms with Crippen LogP contribution >= 0.6 is 0 Å². The predicted octanol–water partition coefficient (Wildman–Crippen LogP) is -0.614. The van der Waals surface area contributed by atoms with E-state index >= 15 is 0 Å². The lowest BCUT2D eigenvalue weighted by atomic mass is 9.96. The Hall–Kier alpha value is -7.79. The van der Waals surface area contributed by atoms with Crippen molar-refractivity contribution in [2.75, 3.05) is 59.7 Å². The van der Waals surface area contributed by atoms with Crippen molar-refractivity contribution in [3.63, 3.8) is 0 Å². The van der Waals surface area contributed by atoms with Crippen LogP contribution in [0.2, 0.25) is 0 Å². The van der Waals surface area contributed by atoms with Gasteiger partial charge in [0.2, 0.25) is 35.4 Å². The van der Waals surface area contributed by atoms with Gasteiger partial charge >= 0.3 is 0 Å². The third kappa shape index (κ3) is 17.3. The van der Waals surface area contributed by atoms with Crippen LogP contribution in [0.4, 0.5) is 5.69 Å². The number of aromatic hydroxyl groups is 1. The smallest absolute Gasteiger partial charge is 0.251 e. The van der Waals surface area contributed by atoms with Gasteiger partial charge in [-0.25, -0.2) is 0 Å². The minimum absolute atomic E-state index is 0.0415. The van der Waals surface area contributed by atoms with Crippen molar-refractivity contribution >= 4 is 47.0 Å². The summed E-state index contributed by atoms with van der Waals surface area (Å²) >= 11 is 0. The number of amides is 7. The number of carbonyl (C=O) groups is 7. The maximum Gasteiger partial charge on any atom is 0.251 e. The maximum absolute atomic E-state index is 14.8. The zero-order valence-corrected chi connectivity index (χ0v) is 51.1. The molecule has 3 aliphatic rings. The molecule has 0 spiro atoms. The lowest BCUT2D eigenvalue weighted by Crippen LogP contribution is -2.64. The molecule has 484 valence electrons. The molecular weight excluding hydrogens is 1150 g/mol. The second kappa shape index (κ2) is 30.1. The first-order valence-electron chi connectivity index (χ1n) is 29.9. The maximum atomic E-state index is 14.8. The number of nitrogens with zero attached hydrogens (tertiary/aromatic N) is 3. The minimum Gasteiger partial charge on any atom is -0.506 e. The SMILES string of the molecule is CCCCCOc1ccc(-c2ccc(-c3ccc(C(=O)NC4CC(O)C(OCC[N+](C)(C)C)NC(=O)C5C(O)C(C)CN5C(=O)C(C(C)O)NC(=O)C(C(O)C(O)c5ccc(O)c(N)c5)NC(=O)C5CC(O)CN5C(=O)C(C(C)O)NC4=O)cc3)cc2)cc1. The van der Waals surface area contributed by atoms with E-state index in [0.717, 1.165) is 89.1 Å². The minimum atomic E-state index is -2.35. The average molecular weight is 1240 g/mol. The number of nitrogens with two attached hydrogens (primary N) is 1. The molecule has 4 aromatic carbocycles. The molecule has 0 aromatic heterocycles. The molecule has 15 N–H and O–H groups in total. The number of unbranched alkanes of at least 4 members (excludes halogenated alkanes) is 2. The number of rotatable bonds is 18. The first-order valence-corrected chi connectivity index (χ1v) is 29.9. The molecule has 0 aliphatic carbocycles. The summed E-state index contributed by atoms with van der Waals surface area (Å²) in [6, 6.07) is 13.7. The van der Waals surface area contributed by atoms with E-state index in [4.69, 9.17) is 15.2 Å². The zero-order chi connectivity index (χ0) is 65.2. The van der Waals surface area contributed by atoms with E-state index in [2.05, 4.69) is 33.5 Å². The van der Waals surface area contributed by atoms with Crippen molar-refractivity contribution in [1.29, 1.82) is 0 Å². The van der Waals surface area contributed by atoms with Gasteiger partial charge in [-0.1, -0.05) is 81.3 Å². The van der Waals surface area contributed by atoms with Crippen molar-refractivity contribution in [2.24, 2.45) is 5.92 Å². The van der Waals surface area contributed by atoms with Gasteiger partial charge in [-0.3, -0.25) is 33.6 Å². The summed E-state index contributed by atoms with van der Waals surface area (Å²) in [7, 11) is 5.51. The summed E-state index contributed by atoms with van der Waals surface area (Å²) in [5, 5.41) is 103. The third-order valence-corrected chi connectivity index (χ3v) is 16.2. The number of carbonyl (C=O) groups excluding carboxylic acids is 7. The van der Waals surface area contributed by atoms with E-state index in [0.29, 0.717) is 11.1 Å². The van der Waals surface area contributed by atoms with Crippen LogP contribution in [-0.2, 0) is 33.5 Å². The van der Waals surface area contributed by atoms with Gasteiger partial charge in [0.25, 0.3) is 5.91 Å². The van der Waals surface area contributed by atoms with E-state index in [-0.39, 0.29) is 36.5 Å². The molecule has 4 aromatic rings. The van der Waals surface area contributed by atoms with Crippen LogP contribution in [0.5, 0.6) is 11.5 Å². The van der Waals surface area contributed by atoms with Crippen LogP contribution in [0.25, 0.3) is 22.3 Å². The number of quaternary nitrogens is 1. The molecule has 0 saturated carbocycles. The molecule has 3 fully saturated rings. The largest absolute Gasteiger partial charge is 0.506 e. The van der Waals surface area contributed by atoms with Crippen LogP contribution < -0.4 is 37.1 Å². The highest BCUT2D eigenvalue weighted by molar-refractivity contribution is 6.00. The fraction of sp³-hybridized carbons (Fsp3) is 0.508. The fourth-order valence-electron chi connectivity index (χ4n) is 10.9. The van der Waals surface area contributed by atoms with Crippen molar-refractivity contribution in [2.45, 2.75) is 145 Å². The monoisotopic (exact) mass is 1240 g/mol. The molecule has 7 amide bonds. The number of aliphatic hydroxyl groups excluding tert-OH is 7.